The molecular weight excluding hydrogens is 477 g/mol. The van der Waals surface area contributed by atoms with Crippen molar-refractivity contribution in [3.63, 3.8) is 0 Å². The summed E-state index contributed by atoms with van der Waals surface area (Å²) in [6.45, 7) is 4.25. The van der Waals surface area contributed by atoms with Crippen LogP contribution >= 0.6 is 35.3 Å². The summed E-state index contributed by atoms with van der Waals surface area (Å²) in [5.74, 6) is 2.76. The Balaban J connectivity index is 0.00000261. The van der Waals surface area contributed by atoms with Gasteiger partial charge >= 0.3 is 0 Å². The van der Waals surface area contributed by atoms with Crippen LogP contribution in [0.2, 0.25) is 0 Å². The molecule has 0 unspecified atom stereocenters. The summed E-state index contributed by atoms with van der Waals surface area (Å²) in [4.78, 5) is 17.5. The second-order valence-corrected chi connectivity index (χ2v) is 7.34. The summed E-state index contributed by atoms with van der Waals surface area (Å²) >= 11 is 1.70. The Morgan fingerprint density at radius 3 is 2.70 bits per heavy atom. The topological polar surface area (TPSA) is 96.2 Å². The molecule has 2 aromatic rings. The maximum Gasteiger partial charge on any atom is 0.223 e. The summed E-state index contributed by atoms with van der Waals surface area (Å²) in [6, 6.07) is 4.11. The number of aromatic nitrogens is 3. The van der Waals surface area contributed by atoms with Gasteiger partial charge in [-0.05, 0) is 31.2 Å². The average Bonchev–Trinajstić information content (AvgIpc) is 3.28. The molecule has 0 bridgehead atoms. The Labute approximate surface area is 180 Å². The van der Waals surface area contributed by atoms with Crippen molar-refractivity contribution in [1.29, 1.82) is 0 Å². The molecule has 1 amide bonds. The van der Waals surface area contributed by atoms with E-state index < -0.39 is 0 Å². The third kappa shape index (κ3) is 6.76. The molecule has 0 radical (unpaired) electrons. The van der Waals surface area contributed by atoms with E-state index in [2.05, 4.69) is 42.6 Å². The fourth-order valence-corrected chi connectivity index (χ4v) is 3.00. The lowest BCUT2D eigenvalue weighted by atomic mass is 10.4. The van der Waals surface area contributed by atoms with E-state index >= 15 is 0 Å². The first-order valence-electron chi connectivity index (χ1n) is 8.80. The Bertz CT molecular complexity index is 755. The van der Waals surface area contributed by atoms with Crippen molar-refractivity contribution < 1.29 is 4.79 Å². The van der Waals surface area contributed by atoms with Crippen LogP contribution in [0.4, 0.5) is 0 Å². The number of hydrogen-bond donors (Lipinski definition) is 3. The third-order valence-corrected chi connectivity index (χ3v) is 5.11. The molecule has 1 aliphatic carbocycles. The Kier molecular flexibility index (Phi) is 8.48. The lowest BCUT2D eigenvalue weighted by molar-refractivity contribution is -0.122. The number of aliphatic imine (C=N–C) groups is 1. The van der Waals surface area contributed by atoms with Crippen molar-refractivity contribution >= 4 is 47.2 Å². The molecular formula is C17H26IN7OS. The van der Waals surface area contributed by atoms with Crippen molar-refractivity contribution in [2.45, 2.75) is 32.9 Å². The molecule has 3 N–H and O–H groups in total. The van der Waals surface area contributed by atoms with E-state index in [1.165, 1.54) is 4.88 Å². The molecule has 1 aliphatic rings. The first-order valence-corrected chi connectivity index (χ1v) is 9.68. The fourth-order valence-electron chi connectivity index (χ4n) is 2.35. The number of nitrogens with one attached hydrogen (secondary N) is 3. The monoisotopic (exact) mass is 503 g/mol. The van der Waals surface area contributed by atoms with Crippen molar-refractivity contribution in [2.75, 3.05) is 13.1 Å². The standard InChI is InChI=1S/C17H25N7OS.HI/c1-12-22-23-15(24(12)2)11-21-17(20-10-14-4-3-9-26-14)19-8-7-18-16(25)13-5-6-13;/h3-4,9,13H,5-8,10-11H2,1-2H3,(H,18,25)(H2,19,20,21);1H. The van der Waals surface area contributed by atoms with Crippen LogP contribution in [0.25, 0.3) is 0 Å². The van der Waals surface area contributed by atoms with Crippen LogP contribution in [0.1, 0.15) is 29.4 Å². The number of rotatable bonds is 8. The number of guanidine groups is 1. The zero-order chi connectivity index (χ0) is 18.4. The van der Waals surface area contributed by atoms with Gasteiger partial charge < -0.3 is 20.5 Å². The van der Waals surface area contributed by atoms with Crippen LogP contribution in [-0.4, -0.2) is 39.7 Å². The number of nitrogens with zero attached hydrogens (tertiary/aromatic N) is 4. The smallest absolute Gasteiger partial charge is 0.223 e. The number of carbonyl (C=O) groups excluding carboxylic acids is 1. The largest absolute Gasteiger partial charge is 0.355 e. The molecule has 2 heterocycles. The lowest BCUT2D eigenvalue weighted by Crippen LogP contribution is -2.41. The van der Waals surface area contributed by atoms with Gasteiger partial charge in [0, 0.05) is 30.9 Å². The lowest BCUT2D eigenvalue weighted by Gasteiger charge is -2.12. The van der Waals surface area contributed by atoms with Crippen LogP contribution in [-0.2, 0) is 24.9 Å². The van der Waals surface area contributed by atoms with E-state index in [1.54, 1.807) is 11.3 Å². The van der Waals surface area contributed by atoms with Crippen molar-refractivity contribution in [1.82, 2.24) is 30.7 Å². The predicted molar refractivity (Wildman–Crippen MR) is 117 cm³/mol. The number of hydrogen-bond acceptors (Lipinski definition) is 5. The third-order valence-electron chi connectivity index (χ3n) is 4.24. The van der Waals surface area contributed by atoms with Crippen molar-refractivity contribution in [3.8, 4) is 0 Å². The van der Waals surface area contributed by atoms with E-state index in [0.29, 0.717) is 32.1 Å². The molecule has 0 saturated heterocycles. The van der Waals surface area contributed by atoms with Gasteiger partial charge in [0.15, 0.2) is 11.8 Å². The fraction of sp³-hybridized carbons (Fsp3) is 0.529. The zero-order valence-corrected chi connectivity index (χ0v) is 18.7. The van der Waals surface area contributed by atoms with E-state index in [0.717, 1.165) is 24.5 Å². The van der Waals surface area contributed by atoms with Gasteiger partial charge in [-0.25, -0.2) is 4.99 Å². The van der Waals surface area contributed by atoms with Gasteiger partial charge in [0.05, 0.1) is 6.54 Å². The quantitative estimate of drug-likeness (QED) is 0.220. The molecule has 148 valence electrons. The molecule has 0 atom stereocenters. The van der Waals surface area contributed by atoms with Gasteiger partial charge in [-0.1, -0.05) is 6.07 Å². The Morgan fingerprint density at radius 1 is 1.30 bits per heavy atom. The summed E-state index contributed by atoms with van der Waals surface area (Å²) in [6.07, 6.45) is 2.04. The highest BCUT2D eigenvalue weighted by Gasteiger charge is 2.28. The first-order chi connectivity index (χ1) is 12.6. The summed E-state index contributed by atoms with van der Waals surface area (Å²) in [5, 5.41) is 19.8. The minimum atomic E-state index is 0. The number of halogens is 1. The van der Waals surface area contributed by atoms with Crippen LogP contribution in [0.15, 0.2) is 22.5 Å². The molecule has 10 heteroatoms. The van der Waals surface area contributed by atoms with Gasteiger partial charge in [0.2, 0.25) is 5.91 Å². The molecule has 0 spiro atoms. The predicted octanol–water partition coefficient (Wildman–Crippen LogP) is 1.56. The molecule has 0 aromatic carbocycles. The molecule has 0 aliphatic heterocycles. The number of carbonyl (C=O) groups is 1. The highest BCUT2D eigenvalue weighted by Crippen LogP contribution is 2.28. The number of aryl methyl sites for hydroxylation is 1. The van der Waals surface area contributed by atoms with E-state index in [4.69, 9.17) is 0 Å². The van der Waals surface area contributed by atoms with E-state index in [1.807, 2.05) is 24.6 Å². The second kappa shape index (κ2) is 10.6. The van der Waals surface area contributed by atoms with E-state index in [-0.39, 0.29) is 35.8 Å². The maximum absolute atomic E-state index is 11.7. The molecule has 1 fully saturated rings. The van der Waals surface area contributed by atoms with Gasteiger partial charge in [-0.2, -0.15) is 0 Å². The normalized spacial score (nSPS) is 13.8. The highest BCUT2D eigenvalue weighted by molar-refractivity contribution is 14.0. The van der Waals surface area contributed by atoms with Crippen molar-refractivity contribution in [2.24, 2.45) is 18.0 Å². The molecule has 1 saturated carbocycles. The zero-order valence-electron chi connectivity index (χ0n) is 15.6. The van der Waals surface area contributed by atoms with Crippen LogP contribution in [0.5, 0.6) is 0 Å². The summed E-state index contributed by atoms with van der Waals surface area (Å²) in [7, 11) is 1.93. The number of amides is 1. The molecule has 8 nitrogen and oxygen atoms in total. The second-order valence-electron chi connectivity index (χ2n) is 6.31. The van der Waals surface area contributed by atoms with Crippen LogP contribution in [0.3, 0.4) is 0 Å². The highest BCUT2D eigenvalue weighted by atomic mass is 127. The SMILES string of the molecule is Cc1nnc(CN=C(NCCNC(=O)C2CC2)NCc2cccs2)n1C.I. The Morgan fingerprint density at radius 2 is 2.07 bits per heavy atom. The molecule has 2 aromatic heterocycles. The summed E-state index contributed by atoms with van der Waals surface area (Å²) in [5.41, 5.74) is 0. The minimum Gasteiger partial charge on any atom is -0.355 e. The average molecular weight is 503 g/mol. The van der Waals surface area contributed by atoms with E-state index in [9.17, 15) is 4.79 Å². The van der Waals surface area contributed by atoms with Gasteiger partial charge in [0.1, 0.15) is 12.4 Å². The van der Waals surface area contributed by atoms with Gasteiger partial charge in [-0.3, -0.25) is 4.79 Å². The van der Waals surface area contributed by atoms with Gasteiger partial charge in [0.25, 0.3) is 0 Å². The van der Waals surface area contributed by atoms with Crippen molar-refractivity contribution in [3.05, 3.63) is 34.0 Å². The first kappa shape index (κ1) is 21.6. The van der Waals surface area contributed by atoms with Crippen LogP contribution < -0.4 is 16.0 Å². The Hall–Kier alpha value is -1.69. The maximum atomic E-state index is 11.7. The molecule has 27 heavy (non-hydrogen) atoms. The molecule has 3 rings (SSSR count). The minimum absolute atomic E-state index is 0. The van der Waals surface area contributed by atoms with Crippen LogP contribution in [0, 0.1) is 12.8 Å². The summed E-state index contributed by atoms with van der Waals surface area (Å²) < 4.78 is 1.93. The van der Waals surface area contributed by atoms with Gasteiger partial charge in [-0.15, -0.1) is 45.5 Å². The number of thiophene rings is 1.